The number of H-pyrrole nitrogens is 1. The van der Waals surface area contributed by atoms with Crippen molar-refractivity contribution in [2.24, 2.45) is 5.92 Å². The van der Waals surface area contributed by atoms with Crippen LogP contribution in [0.2, 0.25) is 0 Å². The summed E-state index contributed by atoms with van der Waals surface area (Å²) in [5, 5.41) is 2.97. The highest BCUT2D eigenvalue weighted by atomic mass is 19.1. The molecule has 2 N–H and O–H groups in total. The van der Waals surface area contributed by atoms with E-state index >= 15 is 4.39 Å². The third kappa shape index (κ3) is 4.65. The minimum absolute atomic E-state index is 0.0104. The second-order valence-corrected chi connectivity index (χ2v) is 10.2. The number of hydrogen-bond acceptors (Lipinski definition) is 5. The first-order chi connectivity index (χ1) is 16.0. The molecule has 1 aliphatic carbocycles. The van der Waals surface area contributed by atoms with Crippen molar-refractivity contribution in [1.82, 2.24) is 14.9 Å². The minimum atomic E-state index is -0.658. The van der Waals surface area contributed by atoms with Gasteiger partial charge in [0.05, 0.1) is 16.6 Å². The van der Waals surface area contributed by atoms with Gasteiger partial charge in [0.2, 0.25) is 6.54 Å². The molecule has 2 aliphatic rings. The van der Waals surface area contributed by atoms with Gasteiger partial charge in [-0.1, -0.05) is 0 Å². The lowest BCUT2D eigenvalue weighted by Crippen LogP contribution is -2.45. The van der Waals surface area contributed by atoms with Crippen LogP contribution < -0.4 is 21.5 Å². The fraction of sp³-hybridized carbons (Fsp3) is 0.583. The summed E-state index contributed by atoms with van der Waals surface area (Å²) in [6, 6.07) is 0.780. The fourth-order valence-corrected chi connectivity index (χ4v) is 4.82. The van der Waals surface area contributed by atoms with Crippen LogP contribution in [0.1, 0.15) is 51.6 Å². The number of aromatic nitrogens is 2. The first kappa shape index (κ1) is 23.8. The number of anilines is 1. The van der Waals surface area contributed by atoms with E-state index in [1.54, 1.807) is 32.3 Å². The van der Waals surface area contributed by atoms with Crippen LogP contribution in [0.5, 0.6) is 0 Å². The molecule has 1 unspecified atom stereocenters. The summed E-state index contributed by atoms with van der Waals surface area (Å²) < 4.78 is 22.2. The molecule has 2 aromatic rings. The van der Waals surface area contributed by atoms with Crippen molar-refractivity contribution in [1.29, 1.82) is 0 Å². The topological polar surface area (TPSA) is 101 Å². The highest BCUT2D eigenvalue weighted by molar-refractivity contribution is 5.87. The van der Waals surface area contributed by atoms with Gasteiger partial charge >= 0.3 is 11.8 Å². The summed E-state index contributed by atoms with van der Waals surface area (Å²) in [4.78, 5) is 44.9. The summed E-state index contributed by atoms with van der Waals surface area (Å²) in [6.07, 6.45) is 1.75. The van der Waals surface area contributed by atoms with Crippen LogP contribution in [-0.4, -0.2) is 46.9 Å². The van der Waals surface area contributed by atoms with Crippen molar-refractivity contribution in [2.45, 2.75) is 64.6 Å². The molecule has 9 nitrogen and oxygen atoms in total. The number of benzene rings is 1. The fourth-order valence-electron chi connectivity index (χ4n) is 4.82. The van der Waals surface area contributed by atoms with E-state index in [1.165, 1.54) is 6.07 Å². The van der Waals surface area contributed by atoms with E-state index in [1.807, 2.05) is 4.90 Å². The van der Waals surface area contributed by atoms with E-state index in [0.29, 0.717) is 36.3 Å². The number of hydrogen-bond donors (Lipinski definition) is 2. The summed E-state index contributed by atoms with van der Waals surface area (Å²) in [7, 11) is 0. The second kappa shape index (κ2) is 8.78. The number of ether oxygens (including phenoxy) is 1. The number of aromatic amines is 1. The number of alkyl carbamates (subject to hydrolysis) is 1. The van der Waals surface area contributed by atoms with Crippen molar-refractivity contribution >= 4 is 22.7 Å². The summed E-state index contributed by atoms with van der Waals surface area (Å²) in [6.45, 7) is 15.4. The van der Waals surface area contributed by atoms with E-state index in [2.05, 4.69) is 15.1 Å². The Labute approximate surface area is 196 Å². The van der Waals surface area contributed by atoms with Gasteiger partial charge in [0.1, 0.15) is 17.5 Å². The average Bonchev–Trinajstić information content (AvgIpc) is 3.44. The minimum Gasteiger partial charge on any atom is -0.444 e. The number of aryl methyl sites for hydroxylation is 1. The third-order valence-electron chi connectivity index (χ3n) is 6.40. The van der Waals surface area contributed by atoms with Crippen molar-refractivity contribution in [3.8, 4) is 0 Å². The highest BCUT2D eigenvalue weighted by Crippen LogP contribution is 2.39. The Morgan fingerprint density at radius 3 is 2.68 bits per heavy atom. The highest BCUT2D eigenvalue weighted by Gasteiger charge is 2.36. The number of carbonyl (C=O) groups is 1. The predicted octanol–water partition coefficient (Wildman–Crippen LogP) is 3.11. The van der Waals surface area contributed by atoms with Crippen LogP contribution in [0.25, 0.3) is 15.7 Å². The maximum absolute atomic E-state index is 15.3. The van der Waals surface area contributed by atoms with Gasteiger partial charge in [-0.05, 0) is 53.0 Å². The van der Waals surface area contributed by atoms with Crippen LogP contribution in [0.4, 0.5) is 14.9 Å². The molecule has 1 saturated carbocycles. The smallest absolute Gasteiger partial charge is 0.408 e. The van der Waals surface area contributed by atoms with Gasteiger partial charge < -0.3 is 19.8 Å². The lowest BCUT2D eigenvalue weighted by atomic mass is 9.99. The Morgan fingerprint density at radius 1 is 1.35 bits per heavy atom. The number of rotatable bonds is 5. The third-order valence-corrected chi connectivity index (χ3v) is 6.40. The molecule has 4 rings (SSSR count). The lowest BCUT2D eigenvalue weighted by molar-refractivity contribution is 0.0493. The van der Waals surface area contributed by atoms with Crippen LogP contribution in [0, 0.1) is 25.2 Å². The summed E-state index contributed by atoms with van der Waals surface area (Å²) >= 11 is 0. The van der Waals surface area contributed by atoms with Gasteiger partial charge in [-0.15, -0.1) is 0 Å². The van der Waals surface area contributed by atoms with Gasteiger partial charge in [-0.2, -0.15) is 0 Å². The molecule has 1 amide bonds. The quantitative estimate of drug-likeness (QED) is 0.653. The zero-order valence-corrected chi connectivity index (χ0v) is 19.9. The number of halogens is 1. The molecule has 1 saturated heterocycles. The van der Waals surface area contributed by atoms with E-state index in [9.17, 15) is 14.4 Å². The Balaban J connectivity index is 1.65. The maximum Gasteiger partial charge on any atom is 0.408 e. The van der Waals surface area contributed by atoms with Gasteiger partial charge in [0, 0.05) is 30.6 Å². The van der Waals surface area contributed by atoms with Crippen molar-refractivity contribution in [2.75, 3.05) is 24.5 Å². The van der Waals surface area contributed by atoms with Crippen molar-refractivity contribution < 1.29 is 13.9 Å². The Bertz CT molecular complexity index is 1280. The molecule has 0 radical (unpaired) electrons. The van der Waals surface area contributed by atoms with Crippen LogP contribution in [0.15, 0.2) is 15.7 Å². The normalized spacial score (nSPS) is 19.2. The molecule has 1 aliphatic heterocycles. The zero-order chi connectivity index (χ0) is 24.8. The molecule has 2 fully saturated rings. The predicted molar refractivity (Wildman–Crippen MR) is 127 cm³/mol. The summed E-state index contributed by atoms with van der Waals surface area (Å²) in [5.74, 6) is -0.611. The van der Waals surface area contributed by atoms with Crippen molar-refractivity contribution in [3.63, 3.8) is 0 Å². The first-order valence-electron chi connectivity index (χ1n) is 11.6. The molecule has 1 aromatic heterocycles. The molecule has 10 heteroatoms. The molecule has 1 aromatic carbocycles. The van der Waals surface area contributed by atoms with E-state index in [4.69, 9.17) is 11.3 Å². The number of nitrogens with zero attached hydrogens (tertiary/aromatic N) is 3. The Morgan fingerprint density at radius 2 is 2.06 bits per heavy atom. The maximum atomic E-state index is 15.3. The first-order valence-corrected chi connectivity index (χ1v) is 11.6. The van der Waals surface area contributed by atoms with Crippen LogP contribution >= 0.6 is 0 Å². The monoisotopic (exact) mass is 471 g/mol. The molecule has 0 bridgehead atoms. The van der Waals surface area contributed by atoms with E-state index in [-0.39, 0.29) is 23.9 Å². The number of amides is 1. The standard InChI is InChI=1S/C24H30FN5O4/c1-13-19-16(21(31)28-22(32)30(19)15-6-7-15)10-17(25)20(13)29-9-8-14(12-29)18(11-26-5)27-23(33)34-24(2,3)4/h10,14-15,18H,6-9,11-12H2,1-4H3,(H,27,33)(H,28,31,32)/t14-,18?/m1/s1. The van der Waals surface area contributed by atoms with Crippen LogP contribution in [-0.2, 0) is 4.74 Å². The molecule has 34 heavy (non-hydrogen) atoms. The molecule has 2 heterocycles. The molecular formula is C24H30FN5O4. The van der Waals surface area contributed by atoms with E-state index < -0.39 is 34.8 Å². The lowest BCUT2D eigenvalue weighted by Gasteiger charge is -2.26. The second-order valence-electron chi connectivity index (χ2n) is 10.2. The number of nitrogens with one attached hydrogen (secondary N) is 2. The molecule has 0 spiro atoms. The van der Waals surface area contributed by atoms with Crippen molar-refractivity contribution in [3.05, 3.63) is 49.7 Å². The molecule has 2 atom stereocenters. The Kier molecular flexibility index (Phi) is 6.14. The molecular weight excluding hydrogens is 441 g/mol. The average molecular weight is 472 g/mol. The van der Waals surface area contributed by atoms with Gasteiger partial charge in [-0.25, -0.2) is 20.6 Å². The van der Waals surface area contributed by atoms with Gasteiger partial charge in [0.15, 0.2) is 0 Å². The van der Waals surface area contributed by atoms with Gasteiger partial charge in [0.25, 0.3) is 5.56 Å². The number of fused-ring (bicyclic) bond motifs is 1. The number of carbonyl (C=O) groups excluding carboxylic acids is 1. The van der Waals surface area contributed by atoms with E-state index in [0.717, 1.165) is 12.8 Å². The largest absolute Gasteiger partial charge is 0.444 e. The van der Waals surface area contributed by atoms with Gasteiger partial charge in [-0.3, -0.25) is 14.3 Å². The zero-order valence-electron chi connectivity index (χ0n) is 19.9. The Hall–Kier alpha value is -3.35. The summed E-state index contributed by atoms with van der Waals surface area (Å²) in [5.41, 5.74) is -0.349. The van der Waals surface area contributed by atoms with Crippen LogP contribution in [0.3, 0.4) is 0 Å². The SMILES string of the molecule is [C-]#[N+]CC(NC(=O)OC(C)(C)C)[C@@H]1CCN(c2c(F)cc3c(=O)[nH]c(=O)n(C4CC4)c3c2C)C1. The molecule has 182 valence electrons.